The van der Waals surface area contributed by atoms with Gasteiger partial charge in [0.2, 0.25) is 5.91 Å². The first-order valence-electron chi connectivity index (χ1n) is 6.02. The van der Waals surface area contributed by atoms with Crippen molar-refractivity contribution in [1.29, 1.82) is 0 Å². The number of para-hydroxylation sites is 1. The van der Waals surface area contributed by atoms with Crippen LogP contribution >= 0.6 is 0 Å². The molecular weight excluding hydrogens is 251 g/mol. The van der Waals surface area contributed by atoms with Crippen LogP contribution in [0.2, 0.25) is 0 Å². The Balaban J connectivity index is 2.43. The van der Waals surface area contributed by atoms with Crippen LogP contribution in [0.1, 0.15) is 12.5 Å². The van der Waals surface area contributed by atoms with Gasteiger partial charge in [0.15, 0.2) is 11.6 Å². The Hall–Kier alpha value is -1.66. The number of carbonyl (C=O) groups excluding carboxylic acids is 1. The number of benzene rings is 1. The standard InChI is InChI=1S/C13H19FN2O3/c1-9(13(18)15-6-7-19-2)16-8-10-4-3-5-11(14)12(10)17/h3-5,9,16-17H,6-8H2,1-2H3,(H,15,18). The summed E-state index contributed by atoms with van der Waals surface area (Å²) in [5.74, 6) is -1.23. The molecule has 0 saturated heterocycles. The molecule has 6 heteroatoms. The molecule has 0 bridgehead atoms. The van der Waals surface area contributed by atoms with Crippen LogP contribution < -0.4 is 10.6 Å². The maximum atomic E-state index is 13.1. The Kier molecular flexibility index (Phi) is 6.24. The number of halogens is 1. The normalized spacial score (nSPS) is 12.2. The molecule has 1 rings (SSSR count). The summed E-state index contributed by atoms with van der Waals surface area (Å²) in [5, 5.41) is 15.1. The summed E-state index contributed by atoms with van der Waals surface area (Å²) in [6, 6.07) is 3.84. The van der Waals surface area contributed by atoms with E-state index >= 15 is 0 Å². The molecule has 1 aromatic carbocycles. The highest BCUT2D eigenvalue weighted by Crippen LogP contribution is 2.20. The van der Waals surface area contributed by atoms with Crippen LogP contribution in [0.3, 0.4) is 0 Å². The average molecular weight is 270 g/mol. The van der Waals surface area contributed by atoms with Crippen molar-refractivity contribution in [2.24, 2.45) is 0 Å². The number of hydrogen-bond acceptors (Lipinski definition) is 4. The van der Waals surface area contributed by atoms with Gasteiger partial charge in [-0.15, -0.1) is 0 Å². The van der Waals surface area contributed by atoms with Gasteiger partial charge in [0.1, 0.15) is 0 Å². The summed E-state index contributed by atoms with van der Waals surface area (Å²) < 4.78 is 17.9. The molecule has 0 spiro atoms. The Bertz CT molecular complexity index is 426. The first-order chi connectivity index (χ1) is 9.06. The molecule has 0 radical (unpaired) electrons. The van der Waals surface area contributed by atoms with E-state index in [0.717, 1.165) is 0 Å². The number of carbonyl (C=O) groups is 1. The smallest absolute Gasteiger partial charge is 0.236 e. The van der Waals surface area contributed by atoms with Crippen molar-refractivity contribution in [3.05, 3.63) is 29.6 Å². The van der Waals surface area contributed by atoms with Gasteiger partial charge in [-0.2, -0.15) is 0 Å². The maximum Gasteiger partial charge on any atom is 0.236 e. The topological polar surface area (TPSA) is 70.6 Å². The fraction of sp³-hybridized carbons (Fsp3) is 0.462. The van der Waals surface area contributed by atoms with Crippen molar-refractivity contribution in [1.82, 2.24) is 10.6 Å². The number of rotatable bonds is 7. The van der Waals surface area contributed by atoms with E-state index in [2.05, 4.69) is 10.6 Å². The van der Waals surface area contributed by atoms with Gasteiger partial charge in [0.25, 0.3) is 0 Å². The number of aromatic hydroxyl groups is 1. The lowest BCUT2D eigenvalue weighted by molar-refractivity contribution is -0.123. The van der Waals surface area contributed by atoms with E-state index in [1.807, 2.05) is 0 Å². The van der Waals surface area contributed by atoms with Crippen LogP contribution in [0.25, 0.3) is 0 Å². The van der Waals surface area contributed by atoms with Gasteiger partial charge < -0.3 is 20.5 Å². The zero-order chi connectivity index (χ0) is 14.3. The van der Waals surface area contributed by atoms with Crippen LogP contribution in [0.4, 0.5) is 4.39 Å². The first kappa shape index (κ1) is 15.4. The number of hydrogen-bond donors (Lipinski definition) is 3. The molecule has 1 amide bonds. The number of phenols is 1. The molecule has 3 N–H and O–H groups in total. The molecule has 0 heterocycles. The van der Waals surface area contributed by atoms with Crippen molar-refractivity contribution in [3.8, 4) is 5.75 Å². The van der Waals surface area contributed by atoms with Gasteiger partial charge in [0.05, 0.1) is 12.6 Å². The summed E-state index contributed by atoms with van der Waals surface area (Å²) in [4.78, 5) is 11.6. The van der Waals surface area contributed by atoms with E-state index in [0.29, 0.717) is 18.7 Å². The molecule has 0 aliphatic carbocycles. The highest BCUT2D eigenvalue weighted by atomic mass is 19.1. The Labute approximate surface area is 111 Å². The molecule has 19 heavy (non-hydrogen) atoms. The van der Waals surface area contributed by atoms with Crippen molar-refractivity contribution in [2.75, 3.05) is 20.3 Å². The first-order valence-corrected chi connectivity index (χ1v) is 6.02. The predicted octanol–water partition coefficient (Wildman–Crippen LogP) is 0.772. The van der Waals surface area contributed by atoms with E-state index in [1.165, 1.54) is 12.1 Å². The molecule has 106 valence electrons. The predicted molar refractivity (Wildman–Crippen MR) is 69.3 cm³/mol. The van der Waals surface area contributed by atoms with Crippen LogP contribution in [0.5, 0.6) is 5.75 Å². The van der Waals surface area contributed by atoms with Crippen molar-refractivity contribution in [3.63, 3.8) is 0 Å². The maximum absolute atomic E-state index is 13.1. The second-order valence-electron chi connectivity index (χ2n) is 4.13. The molecule has 0 aliphatic heterocycles. The SMILES string of the molecule is COCCNC(=O)C(C)NCc1cccc(F)c1O. The number of methoxy groups -OCH3 is 1. The van der Waals surface area contributed by atoms with Gasteiger partial charge in [-0.3, -0.25) is 4.79 Å². The largest absolute Gasteiger partial charge is 0.505 e. The minimum atomic E-state index is -0.670. The molecule has 0 aliphatic rings. The summed E-state index contributed by atoms with van der Waals surface area (Å²) in [7, 11) is 1.56. The Morgan fingerprint density at radius 1 is 1.53 bits per heavy atom. The summed E-state index contributed by atoms with van der Waals surface area (Å²) >= 11 is 0. The monoisotopic (exact) mass is 270 g/mol. The van der Waals surface area contributed by atoms with Crippen LogP contribution in [0, 0.1) is 5.82 Å². The molecule has 0 aromatic heterocycles. The Morgan fingerprint density at radius 3 is 2.95 bits per heavy atom. The van der Waals surface area contributed by atoms with Crippen LogP contribution in [-0.2, 0) is 16.1 Å². The highest BCUT2D eigenvalue weighted by Gasteiger charge is 2.13. The van der Waals surface area contributed by atoms with Gasteiger partial charge in [0, 0.05) is 25.8 Å². The number of phenolic OH excluding ortho intramolecular Hbond substituents is 1. The minimum Gasteiger partial charge on any atom is -0.505 e. The van der Waals surface area contributed by atoms with E-state index < -0.39 is 11.9 Å². The third-order valence-corrected chi connectivity index (χ3v) is 2.67. The van der Waals surface area contributed by atoms with Crippen LogP contribution in [0.15, 0.2) is 18.2 Å². The van der Waals surface area contributed by atoms with Crippen molar-refractivity contribution >= 4 is 5.91 Å². The molecule has 1 atom stereocenters. The van der Waals surface area contributed by atoms with E-state index in [-0.39, 0.29) is 18.2 Å². The Morgan fingerprint density at radius 2 is 2.26 bits per heavy atom. The number of nitrogens with one attached hydrogen (secondary N) is 2. The fourth-order valence-corrected chi connectivity index (χ4v) is 1.49. The lowest BCUT2D eigenvalue weighted by Crippen LogP contribution is -2.42. The van der Waals surface area contributed by atoms with Crippen molar-refractivity contribution < 1.29 is 19.0 Å². The molecule has 0 fully saturated rings. The molecule has 0 saturated carbocycles. The average Bonchev–Trinajstić information content (AvgIpc) is 2.40. The molecule has 5 nitrogen and oxygen atoms in total. The van der Waals surface area contributed by atoms with E-state index in [1.54, 1.807) is 20.1 Å². The van der Waals surface area contributed by atoms with Crippen molar-refractivity contribution in [2.45, 2.75) is 19.5 Å². The zero-order valence-corrected chi connectivity index (χ0v) is 11.1. The minimum absolute atomic E-state index is 0.173. The highest BCUT2D eigenvalue weighted by molar-refractivity contribution is 5.81. The molecule has 1 unspecified atom stereocenters. The zero-order valence-electron chi connectivity index (χ0n) is 11.1. The van der Waals surface area contributed by atoms with Gasteiger partial charge >= 0.3 is 0 Å². The van der Waals surface area contributed by atoms with E-state index in [4.69, 9.17) is 4.74 Å². The fourth-order valence-electron chi connectivity index (χ4n) is 1.49. The lowest BCUT2D eigenvalue weighted by Gasteiger charge is -2.14. The lowest BCUT2D eigenvalue weighted by atomic mass is 10.2. The second kappa shape index (κ2) is 7.70. The molecular formula is C13H19FN2O3. The number of amides is 1. The van der Waals surface area contributed by atoms with Crippen LogP contribution in [-0.4, -0.2) is 37.3 Å². The van der Waals surface area contributed by atoms with Gasteiger partial charge in [-0.25, -0.2) is 4.39 Å². The molecule has 1 aromatic rings. The second-order valence-corrected chi connectivity index (χ2v) is 4.13. The summed E-state index contributed by atoms with van der Waals surface area (Å²) in [6.45, 7) is 2.79. The van der Waals surface area contributed by atoms with E-state index in [9.17, 15) is 14.3 Å². The van der Waals surface area contributed by atoms with Gasteiger partial charge in [-0.1, -0.05) is 12.1 Å². The third-order valence-electron chi connectivity index (χ3n) is 2.67. The number of ether oxygens (including phenoxy) is 1. The van der Waals surface area contributed by atoms with Gasteiger partial charge in [-0.05, 0) is 13.0 Å². The quantitative estimate of drug-likeness (QED) is 0.640. The third kappa shape index (κ3) is 4.84. The summed E-state index contributed by atoms with van der Waals surface area (Å²) in [6.07, 6.45) is 0. The summed E-state index contributed by atoms with van der Waals surface area (Å²) in [5.41, 5.74) is 0.413.